The average Bonchev–Trinajstić information content (AvgIpc) is 2.47. The van der Waals surface area contributed by atoms with E-state index < -0.39 is 4.92 Å². The molecule has 0 saturated heterocycles. The molecule has 0 bridgehead atoms. The lowest BCUT2D eigenvalue weighted by Crippen LogP contribution is -2.11. The van der Waals surface area contributed by atoms with E-state index in [0.29, 0.717) is 18.0 Å². The van der Waals surface area contributed by atoms with Gasteiger partial charge < -0.3 is 10.1 Å². The predicted molar refractivity (Wildman–Crippen MR) is 79.8 cm³/mol. The zero-order valence-electron chi connectivity index (χ0n) is 11.4. The third-order valence-corrected chi connectivity index (χ3v) is 3.00. The van der Waals surface area contributed by atoms with Crippen LogP contribution in [0.15, 0.2) is 36.7 Å². The molecule has 6 nitrogen and oxygen atoms in total. The van der Waals surface area contributed by atoms with E-state index in [2.05, 4.69) is 10.3 Å². The predicted octanol–water partition coefficient (Wildman–Crippen LogP) is 3.55. The summed E-state index contributed by atoms with van der Waals surface area (Å²) in [5.41, 5.74) is 0.902. The van der Waals surface area contributed by atoms with Crippen LogP contribution in [0.1, 0.15) is 12.5 Å². The average molecular weight is 308 g/mol. The third kappa shape index (κ3) is 4.14. The van der Waals surface area contributed by atoms with Crippen LogP contribution in [0, 0.1) is 10.1 Å². The van der Waals surface area contributed by atoms with E-state index in [4.69, 9.17) is 16.3 Å². The van der Waals surface area contributed by atoms with Crippen LogP contribution in [0.2, 0.25) is 5.02 Å². The Morgan fingerprint density at radius 3 is 2.86 bits per heavy atom. The molecule has 1 aromatic carbocycles. The fraction of sp³-hybridized carbons (Fsp3) is 0.214. The van der Waals surface area contributed by atoms with Crippen LogP contribution in [0.5, 0.6) is 11.5 Å². The Labute approximate surface area is 126 Å². The maximum Gasteiger partial charge on any atom is 0.271 e. The first-order valence-corrected chi connectivity index (χ1v) is 6.74. The van der Waals surface area contributed by atoms with Gasteiger partial charge in [-0.05, 0) is 24.2 Å². The minimum Gasteiger partial charge on any atom is -0.454 e. The molecule has 0 aliphatic rings. The van der Waals surface area contributed by atoms with Crippen LogP contribution in [0.4, 0.5) is 5.69 Å². The molecule has 1 aromatic heterocycles. The molecule has 0 saturated carbocycles. The number of halogens is 1. The second-order valence-electron chi connectivity index (χ2n) is 4.28. The lowest BCUT2D eigenvalue weighted by Gasteiger charge is -2.08. The molecule has 0 radical (unpaired) electrons. The molecule has 0 amide bonds. The first kappa shape index (κ1) is 15.2. The topological polar surface area (TPSA) is 77.3 Å². The number of aromatic nitrogens is 1. The lowest BCUT2D eigenvalue weighted by molar-refractivity contribution is -0.384. The van der Waals surface area contributed by atoms with Crippen LogP contribution >= 0.6 is 11.6 Å². The van der Waals surface area contributed by atoms with Crippen molar-refractivity contribution in [1.82, 2.24) is 10.3 Å². The van der Waals surface area contributed by atoms with E-state index >= 15 is 0 Å². The van der Waals surface area contributed by atoms with Crippen molar-refractivity contribution in [2.24, 2.45) is 0 Å². The standard InChI is InChI=1S/C14H14ClN3O3/c1-2-16-7-10-5-12(9-17-8-10)21-14-4-3-11(18(19)20)6-13(14)15/h3-6,8-9,16H,2,7H2,1H3. The summed E-state index contributed by atoms with van der Waals surface area (Å²) in [6.07, 6.45) is 3.31. The number of nitro benzene ring substituents is 1. The van der Waals surface area contributed by atoms with Gasteiger partial charge in [0.05, 0.1) is 16.1 Å². The van der Waals surface area contributed by atoms with E-state index in [9.17, 15) is 10.1 Å². The van der Waals surface area contributed by atoms with E-state index in [1.54, 1.807) is 12.4 Å². The Morgan fingerprint density at radius 2 is 2.19 bits per heavy atom. The minimum atomic E-state index is -0.506. The van der Waals surface area contributed by atoms with Crippen molar-refractivity contribution in [2.75, 3.05) is 6.54 Å². The number of pyridine rings is 1. The lowest BCUT2D eigenvalue weighted by atomic mass is 10.2. The number of rotatable bonds is 6. The minimum absolute atomic E-state index is 0.0774. The molecule has 0 spiro atoms. The number of benzene rings is 1. The Morgan fingerprint density at radius 1 is 1.38 bits per heavy atom. The first-order chi connectivity index (χ1) is 10.1. The van der Waals surface area contributed by atoms with Crippen molar-refractivity contribution in [2.45, 2.75) is 13.5 Å². The summed E-state index contributed by atoms with van der Waals surface area (Å²) in [5, 5.41) is 14.0. The summed E-state index contributed by atoms with van der Waals surface area (Å²) in [7, 11) is 0. The molecule has 21 heavy (non-hydrogen) atoms. The van der Waals surface area contributed by atoms with E-state index in [0.717, 1.165) is 12.1 Å². The number of hydrogen-bond acceptors (Lipinski definition) is 5. The highest BCUT2D eigenvalue weighted by atomic mass is 35.5. The number of nitro groups is 1. The molecule has 0 fully saturated rings. The molecule has 2 aromatic rings. The normalized spacial score (nSPS) is 10.4. The molecular weight excluding hydrogens is 294 g/mol. The molecular formula is C14H14ClN3O3. The van der Waals surface area contributed by atoms with Crippen molar-refractivity contribution < 1.29 is 9.66 Å². The number of non-ortho nitro benzene ring substituents is 1. The summed E-state index contributed by atoms with van der Waals surface area (Å²) in [6, 6.07) is 5.91. The summed E-state index contributed by atoms with van der Waals surface area (Å²) >= 11 is 5.98. The van der Waals surface area contributed by atoms with Gasteiger partial charge in [0.15, 0.2) is 0 Å². The second-order valence-corrected chi connectivity index (χ2v) is 4.69. The van der Waals surface area contributed by atoms with E-state index in [1.807, 2.05) is 13.0 Å². The molecule has 1 N–H and O–H groups in total. The molecule has 2 rings (SSSR count). The highest BCUT2D eigenvalue weighted by molar-refractivity contribution is 6.32. The molecule has 0 aliphatic carbocycles. The monoisotopic (exact) mass is 307 g/mol. The van der Waals surface area contributed by atoms with Crippen LogP contribution in [0.25, 0.3) is 0 Å². The van der Waals surface area contributed by atoms with Gasteiger partial charge in [0.2, 0.25) is 0 Å². The van der Waals surface area contributed by atoms with Crippen LogP contribution in [-0.4, -0.2) is 16.5 Å². The summed E-state index contributed by atoms with van der Waals surface area (Å²) < 4.78 is 5.62. The second kappa shape index (κ2) is 7.01. The molecule has 1 heterocycles. The molecule has 0 unspecified atom stereocenters. The molecule has 0 aliphatic heterocycles. The summed E-state index contributed by atoms with van der Waals surface area (Å²) in [6.45, 7) is 3.57. The van der Waals surface area contributed by atoms with Crippen LogP contribution in [-0.2, 0) is 6.54 Å². The Kier molecular flexibility index (Phi) is 5.08. The van der Waals surface area contributed by atoms with Gasteiger partial charge >= 0.3 is 0 Å². The Hall–Kier alpha value is -2.18. The number of ether oxygens (including phenoxy) is 1. The van der Waals surface area contributed by atoms with Crippen LogP contribution in [0.3, 0.4) is 0 Å². The highest BCUT2D eigenvalue weighted by Crippen LogP contribution is 2.32. The highest BCUT2D eigenvalue weighted by Gasteiger charge is 2.11. The van der Waals surface area contributed by atoms with Gasteiger partial charge in [0.25, 0.3) is 5.69 Å². The molecule has 0 atom stereocenters. The van der Waals surface area contributed by atoms with E-state index in [1.165, 1.54) is 18.2 Å². The largest absolute Gasteiger partial charge is 0.454 e. The van der Waals surface area contributed by atoms with Gasteiger partial charge in [-0.1, -0.05) is 18.5 Å². The molecule has 110 valence electrons. The van der Waals surface area contributed by atoms with Crippen molar-refractivity contribution in [3.63, 3.8) is 0 Å². The fourth-order valence-corrected chi connectivity index (χ4v) is 1.91. The van der Waals surface area contributed by atoms with Gasteiger partial charge in [0, 0.05) is 24.9 Å². The maximum atomic E-state index is 10.7. The van der Waals surface area contributed by atoms with Crippen molar-refractivity contribution in [3.05, 3.63) is 57.4 Å². The number of nitrogens with zero attached hydrogens (tertiary/aromatic N) is 2. The van der Waals surface area contributed by atoms with Gasteiger partial charge in [0.1, 0.15) is 11.5 Å². The van der Waals surface area contributed by atoms with Gasteiger partial charge in [-0.2, -0.15) is 0 Å². The zero-order valence-corrected chi connectivity index (χ0v) is 12.1. The summed E-state index contributed by atoms with van der Waals surface area (Å²) in [5.74, 6) is 0.880. The summed E-state index contributed by atoms with van der Waals surface area (Å²) in [4.78, 5) is 14.2. The smallest absolute Gasteiger partial charge is 0.271 e. The quantitative estimate of drug-likeness (QED) is 0.652. The van der Waals surface area contributed by atoms with E-state index in [-0.39, 0.29) is 10.7 Å². The van der Waals surface area contributed by atoms with Crippen molar-refractivity contribution in [1.29, 1.82) is 0 Å². The van der Waals surface area contributed by atoms with Gasteiger partial charge in [-0.15, -0.1) is 0 Å². The number of nitrogens with one attached hydrogen (secondary N) is 1. The first-order valence-electron chi connectivity index (χ1n) is 6.36. The molecule has 7 heteroatoms. The van der Waals surface area contributed by atoms with Crippen LogP contribution < -0.4 is 10.1 Å². The third-order valence-electron chi connectivity index (χ3n) is 2.70. The zero-order chi connectivity index (χ0) is 15.2. The van der Waals surface area contributed by atoms with Gasteiger partial charge in [-0.25, -0.2) is 0 Å². The fourth-order valence-electron chi connectivity index (χ4n) is 1.70. The van der Waals surface area contributed by atoms with Gasteiger partial charge in [-0.3, -0.25) is 15.1 Å². The Balaban J connectivity index is 2.16. The number of hydrogen-bond donors (Lipinski definition) is 1. The Bertz CT molecular complexity index is 649. The van der Waals surface area contributed by atoms with Crippen molar-refractivity contribution in [3.8, 4) is 11.5 Å². The van der Waals surface area contributed by atoms with Crippen molar-refractivity contribution >= 4 is 17.3 Å². The maximum absolute atomic E-state index is 10.7. The SMILES string of the molecule is CCNCc1cncc(Oc2ccc([N+](=O)[O-])cc2Cl)c1.